The second kappa shape index (κ2) is 9.42. The van der Waals surface area contributed by atoms with Gasteiger partial charge < -0.3 is 25.4 Å². The Morgan fingerprint density at radius 2 is 1.80 bits per heavy atom. The predicted molar refractivity (Wildman–Crippen MR) is 103 cm³/mol. The molecular formula is C19H26N4O2. The molecule has 2 aromatic carbocycles. The summed E-state index contributed by atoms with van der Waals surface area (Å²) in [6.07, 6.45) is 0. The summed E-state index contributed by atoms with van der Waals surface area (Å²) >= 11 is 0. The van der Waals surface area contributed by atoms with Crippen LogP contribution in [0.25, 0.3) is 0 Å². The Labute approximate surface area is 149 Å². The molecule has 0 saturated heterocycles. The molecule has 0 heterocycles. The third kappa shape index (κ3) is 5.60. The number of hydrogen-bond donors (Lipinski definition) is 2. The van der Waals surface area contributed by atoms with E-state index in [9.17, 15) is 0 Å². The average Bonchev–Trinajstić information content (AvgIpc) is 2.66. The van der Waals surface area contributed by atoms with Gasteiger partial charge in [0.1, 0.15) is 0 Å². The van der Waals surface area contributed by atoms with E-state index in [1.165, 1.54) is 5.69 Å². The molecule has 2 aromatic rings. The molecule has 3 N–H and O–H groups in total. The lowest BCUT2D eigenvalue weighted by Crippen LogP contribution is -2.37. The number of nitrogens with zero attached hydrogens (tertiary/aromatic N) is 2. The van der Waals surface area contributed by atoms with Crippen LogP contribution >= 0.6 is 0 Å². The van der Waals surface area contributed by atoms with Gasteiger partial charge in [-0.2, -0.15) is 0 Å². The highest BCUT2D eigenvalue weighted by atomic mass is 16.5. The number of methoxy groups -OCH3 is 2. The van der Waals surface area contributed by atoms with E-state index in [0.29, 0.717) is 30.5 Å². The SMILES string of the molecule is COc1ccc(CN=C(N)NCCN(C)c2ccccc2)cc1OC. The van der Waals surface area contributed by atoms with Crippen molar-refractivity contribution in [1.82, 2.24) is 5.32 Å². The Balaban J connectivity index is 1.82. The maximum atomic E-state index is 5.94. The molecule has 0 radical (unpaired) electrons. The smallest absolute Gasteiger partial charge is 0.188 e. The van der Waals surface area contributed by atoms with E-state index in [0.717, 1.165) is 12.1 Å². The molecule has 25 heavy (non-hydrogen) atoms. The van der Waals surface area contributed by atoms with Gasteiger partial charge >= 0.3 is 0 Å². The topological polar surface area (TPSA) is 72.1 Å². The van der Waals surface area contributed by atoms with Crippen molar-refractivity contribution in [2.45, 2.75) is 6.54 Å². The minimum absolute atomic E-state index is 0.427. The first-order chi connectivity index (χ1) is 12.1. The van der Waals surface area contributed by atoms with Gasteiger partial charge in [-0.15, -0.1) is 0 Å². The van der Waals surface area contributed by atoms with Crippen LogP contribution in [0.15, 0.2) is 53.5 Å². The van der Waals surface area contributed by atoms with Crippen LogP contribution in [0, 0.1) is 0 Å². The molecule has 0 spiro atoms. The summed E-state index contributed by atoms with van der Waals surface area (Å²) in [6.45, 7) is 2.02. The van der Waals surface area contributed by atoms with Gasteiger partial charge in [-0.25, -0.2) is 4.99 Å². The molecule has 6 nitrogen and oxygen atoms in total. The van der Waals surface area contributed by atoms with Crippen molar-refractivity contribution in [3.05, 3.63) is 54.1 Å². The van der Waals surface area contributed by atoms with Gasteiger partial charge in [-0.1, -0.05) is 24.3 Å². The fourth-order valence-electron chi connectivity index (χ4n) is 2.37. The van der Waals surface area contributed by atoms with Crippen molar-refractivity contribution >= 4 is 11.6 Å². The molecule has 0 saturated carbocycles. The summed E-state index contributed by atoms with van der Waals surface area (Å²) in [5.41, 5.74) is 8.11. The lowest BCUT2D eigenvalue weighted by Gasteiger charge is -2.19. The van der Waals surface area contributed by atoms with Crippen molar-refractivity contribution in [2.75, 3.05) is 39.3 Å². The highest BCUT2D eigenvalue weighted by molar-refractivity contribution is 5.77. The maximum Gasteiger partial charge on any atom is 0.188 e. The molecule has 0 bridgehead atoms. The Hall–Kier alpha value is -2.89. The fourth-order valence-corrected chi connectivity index (χ4v) is 2.37. The number of aliphatic imine (C=N–C) groups is 1. The normalized spacial score (nSPS) is 11.1. The Kier molecular flexibility index (Phi) is 6.95. The van der Waals surface area contributed by atoms with Crippen LogP contribution in [-0.2, 0) is 6.54 Å². The van der Waals surface area contributed by atoms with Gasteiger partial charge in [-0.05, 0) is 29.8 Å². The van der Waals surface area contributed by atoms with E-state index >= 15 is 0 Å². The first kappa shape index (κ1) is 18.4. The number of likely N-dealkylation sites (N-methyl/N-ethyl adjacent to an activating group) is 1. The third-order valence-electron chi connectivity index (χ3n) is 3.83. The summed E-state index contributed by atoms with van der Waals surface area (Å²) in [6, 6.07) is 15.9. The van der Waals surface area contributed by atoms with Gasteiger partial charge in [0.2, 0.25) is 0 Å². The van der Waals surface area contributed by atoms with Crippen LogP contribution in [0.5, 0.6) is 11.5 Å². The molecule has 0 fully saturated rings. The largest absolute Gasteiger partial charge is 0.493 e. The summed E-state index contributed by atoms with van der Waals surface area (Å²) in [5, 5.41) is 3.13. The fraction of sp³-hybridized carbons (Fsp3) is 0.316. The van der Waals surface area contributed by atoms with Gasteiger partial charge in [-0.3, -0.25) is 0 Å². The van der Waals surface area contributed by atoms with Gasteiger partial charge in [0, 0.05) is 25.8 Å². The number of hydrogen-bond acceptors (Lipinski definition) is 4. The highest BCUT2D eigenvalue weighted by Gasteiger charge is 2.04. The number of anilines is 1. The molecule has 2 rings (SSSR count). The monoisotopic (exact) mass is 342 g/mol. The molecule has 134 valence electrons. The molecule has 0 atom stereocenters. The van der Waals surface area contributed by atoms with Crippen LogP contribution in [0.3, 0.4) is 0 Å². The van der Waals surface area contributed by atoms with Crippen molar-refractivity contribution in [2.24, 2.45) is 10.7 Å². The van der Waals surface area contributed by atoms with E-state index < -0.39 is 0 Å². The summed E-state index contributed by atoms with van der Waals surface area (Å²) < 4.78 is 10.5. The van der Waals surface area contributed by atoms with Gasteiger partial charge in [0.25, 0.3) is 0 Å². The Morgan fingerprint density at radius 3 is 2.48 bits per heavy atom. The molecule has 6 heteroatoms. The zero-order chi connectivity index (χ0) is 18.1. The standard InChI is InChI=1S/C19H26N4O2/c1-23(16-7-5-4-6-8-16)12-11-21-19(20)22-14-15-9-10-17(24-2)18(13-15)25-3/h4-10,13H,11-12,14H2,1-3H3,(H3,20,21,22). The Bertz CT molecular complexity index is 689. The highest BCUT2D eigenvalue weighted by Crippen LogP contribution is 2.27. The molecule has 0 aliphatic carbocycles. The van der Waals surface area contributed by atoms with Crippen LogP contribution in [0.1, 0.15) is 5.56 Å². The van der Waals surface area contributed by atoms with E-state index in [1.807, 2.05) is 43.4 Å². The van der Waals surface area contributed by atoms with Gasteiger partial charge in [0.15, 0.2) is 17.5 Å². The molecule has 0 amide bonds. The molecule has 0 aliphatic heterocycles. The van der Waals surface area contributed by atoms with Gasteiger partial charge in [0.05, 0.1) is 20.8 Å². The lowest BCUT2D eigenvalue weighted by molar-refractivity contribution is 0.354. The van der Waals surface area contributed by atoms with Crippen molar-refractivity contribution in [1.29, 1.82) is 0 Å². The van der Waals surface area contributed by atoms with Crippen molar-refractivity contribution in [3.63, 3.8) is 0 Å². The molecular weight excluding hydrogens is 316 g/mol. The number of rotatable bonds is 8. The number of para-hydroxylation sites is 1. The Morgan fingerprint density at radius 1 is 1.08 bits per heavy atom. The predicted octanol–water partition coefficient (Wildman–Crippen LogP) is 2.24. The molecule has 0 unspecified atom stereocenters. The minimum Gasteiger partial charge on any atom is -0.493 e. The van der Waals surface area contributed by atoms with Crippen molar-refractivity contribution < 1.29 is 9.47 Å². The minimum atomic E-state index is 0.427. The maximum absolute atomic E-state index is 5.94. The third-order valence-corrected chi connectivity index (χ3v) is 3.83. The number of nitrogens with two attached hydrogens (primary N) is 1. The first-order valence-corrected chi connectivity index (χ1v) is 8.15. The summed E-state index contributed by atoms with van der Waals surface area (Å²) in [5.74, 6) is 1.81. The lowest BCUT2D eigenvalue weighted by atomic mass is 10.2. The number of ether oxygens (including phenoxy) is 2. The zero-order valence-electron chi connectivity index (χ0n) is 15.0. The quantitative estimate of drug-likeness (QED) is 0.569. The second-order valence-electron chi connectivity index (χ2n) is 5.57. The number of benzene rings is 2. The van der Waals surface area contributed by atoms with E-state index in [-0.39, 0.29) is 0 Å². The molecule has 0 aliphatic rings. The summed E-state index contributed by atoms with van der Waals surface area (Å²) in [7, 11) is 5.28. The van der Waals surface area contributed by atoms with Crippen molar-refractivity contribution in [3.8, 4) is 11.5 Å². The van der Waals surface area contributed by atoms with E-state index in [1.54, 1.807) is 14.2 Å². The summed E-state index contributed by atoms with van der Waals surface area (Å²) in [4.78, 5) is 6.52. The second-order valence-corrected chi connectivity index (χ2v) is 5.57. The molecule has 0 aromatic heterocycles. The van der Waals surface area contributed by atoms with E-state index in [4.69, 9.17) is 15.2 Å². The first-order valence-electron chi connectivity index (χ1n) is 8.15. The number of nitrogens with one attached hydrogen (secondary N) is 1. The average molecular weight is 342 g/mol. The van der Waals surface area contributed by atoms with Crippen LogP contribution < -0.4 is 25.4 Å². The number of guanidine groups is 1. The van der Waals surface area contributed by atoms with Crippen LogP contribution in [-0.4, -0.2) is 40.3 Å². The van der Waals surface area contributed by atoms with E-state index in [2.05, 4.69) is 27.3 Å². The van der Waals surface area contributed by atoms with Crippen LogP contribution in [0.2, 0.25) is 0 Å². The zero-order valence-corrected chi connectivity index (χ0v) is 15.0. The van der Waals surface area contributed by atoms with Crippen LogP contribution in [0.4, 0.5) is 5.69 Å².